The van der Waals surface area contributed by atoms with Crippen molar-refractivity contribution in [3.05, 3.63) is 28.3 Å². The topological polar surface area (TPSA) is 70.3 Å². The molecule has 0 fully saturated rings. The third-order valence-corrected chi connectivity index (χ3v) is 4.46. The molecule has 0 aliphatic carbocycles. The van der Waals surface area contributed by atoms with E-state index in [1.54, 1.807) is 0 Å². The monoisotopic (exact) mass is 303 g/mol. The van der Waals surface area contributed by atoms with Crippen molar-refractivity contribution in [2.45, 2.75) is 20.8 Å². The van der Waals surface area contributed by atoms with Crippen LogP contribution in [0.15, 0.2) is 12.1 Å². The first-order valence-electron chi connectivity index (χ1n) is 5.54. The lowest BCUT2D eigenvalue weighted by molar-refractivity contribution is -0.646. The van der Waals surface area contributed by atoms with E-state index in [4.69, 9.17) is 0 Å². The molecule has 2 aromatic rings. The minimum Gasteiger partial charge on any atom is -0.726 e. The maximum absolute atomic E-state index is 9.22. The molecule has 0 unspecified atom stereocenters. The normalized spacial score (nSPS) is 11.3. The number of aromatic nitrogens is 1. The van der Waals surface area contributed by atoms with Crippen molar-refractivity contribution >= 4 is 32.0 Å². The smallest absolute Gasteiger partial charge is 0.234 e. The van der Waals surface area contributed by atoms with Crippen LogP contribution in [-0.4, -0.2) is 20.1 Å². The van der Waals surface area contributed by atoms with Gasteiger partial charge in [-0.3, -0.25) is 4.18 Å². The minimum atomic E-state index is -4.41. The van der Waals surface area contributed by atoms with Gasteiger partial charge in [-0.2, -0.15) is 4.57 Å². The second-order valence-corrected chi connectivity index (χ2v) is 6.49. The average Bonchev–Trinajstić information content (AvgIpc) is 2.61. The molecule has 0 amide bonds. The minimum absolute atomic E-state index is 0.808. The molecule has 0 spiro atoms. The summed E-state index contributed by atoms with van der Waals surface area (Å²) in [6, 6.07) is 4.42. The Balaban J connectivity index is 0.000000258. The quantitative estimate of drug-likeness (QED) is 0.457. The maximum Gasteiger partial charge on any atom is 0.234 e. The summed E-state index contributed by atoms with van der Waals surface area (Å²) < 4.78 is 34.7. The molecule has 0 saturated heterocycles. The molecule has 0 saturated carbocycles. The van der Waals surface area contributed by atoms with Gasteiger partial charge >= 0.3 is 0 Å². The predicted molar refractivity (Wildman–Crippen MR) is 73.9 cm³/mol. The second kappa shape index (κ2) is 5.96. The second-order valence-electron chi connectivity index (χ2n) is 4.11. The van der Waals surface area contributed by atoms with Gasteiger partial charge in [0.25, 0.3) is 0 Å². The van der Waals surface area contributed by atoms with Crippen molar-refractivity contribution in [2.75, 3.05) is 7.11 Å². The molecule has 0 aliphatic heterocycles. The van der Waals surface area contributed by atoms with E-state index in [1.807, 2.05) is 11.3 Å². The molecule has 0 N–H and O–H groups in total. The first kappa shape index (κ1) is 16.0. The zero-order valence-electron chi connectivity index (χ0n) is 11.6. The fourth-order valence-electron chi connectivity index (χ4n) is 1.66. The summed E-state index contributed by atoms with van der Waals surface area (Å²) in [5, 5.41) is 1.36. The van der Waals surface area contributed by atoms with Crippen molar-refractivity contribution in [3.63, 3.8) is 0 Å². The Bertz CT molecular complexity index is 689. The van der Waals surface area contributed by atoms with Gasteiger partial charge in [0.1, 0.15) is 11.7 Å². The molecule has 0 aliphatic rings. The van der Waals surface area contributed by atoms with Crippen LogP contribution in [-0.2, 0) is 21.6 Å². The first-order valence-corrected chi connectivity index (χ1v) is 7.69. The van der Waals surface area contributed by atoms with Crippen LogP contribution >= 0.6 is 11.3 Å². The molecule has 1 heterocycles. The lowest BCUT2D eigenvalue weighted by Gasteiger charge is -1.98. The molecule has 0 bridgehead atoms. The molecule has 19 heavy (non-hydrogen) atoms. The maximum atomic E-state index is 9.22. The van der Waals surface area contributed by atoms with E-state index < -0.39 is 10.4 Å². The van der Waals surface area contributed by atoms with Crippen LogP contribution in [0.1, 0.15) is 16.1 Å². The van der Waals surface area contributed by atoms with Crippen LogP contribution < -0.4 is 4.57 Å². The molecule has 0 radical (unpaired) electrons. The number of benzene rings is 1. The summed E-state index contributed by atoms with van der Waals surface area (Å²) in [5.74, 6) is 0. The van der Waals surface area contributed by atoms with Crippen molar-refractivity contribution in [2.24, 2.45) is 7.05 Å². The van der Waals surface area contributed by atoms with Crippen molar-refractivity contribution in [1.82, 2.24) is 0 Å². The fraction of sp³-hybridized carbons (Fsp3) is 0.417. The van der Waals surface area contributed by atoms with Gasteiger partial charge in [0.2, 0.25) is 20.9 Å². The fourth-order valence-corrected chi connectivity index (χ4v) is 2.73. The third-order valence-electron chi connectivity index (χ3n) is 2.93. The van der Waals surface area contributed by atoms with E-state index in [1.165, 1.54) is 26.4 Å². The van der Waals surface area contributed by atoms with E-state index >= 15 is 0 Å². The summed E-state index contributed by atoms with van der Waals surface area (Å²) in [5.41, 5.74) is 4.17. The van der Waals surface area contributed by atoms with E-state index in [9.17, 15) is 13.0 Å². The molecule has 0 atom stereocenters. The molecule has 1 aromatic carbocycles. The Labute approximate surface area is 117 Å². The molecule has 106 valence electrons. The number of thiazole rings is 1. The highest BCUT2D eigenvalue weighted by Gasteiger charge is 2.15. The van der Waals surface area contributed by atoms with Crippen molar-refractivity contribution in [1.29, 1.82) is 0 Å². The largest absolute Gasteiger partial charge is 0.726 e. The van der Waals surface area contributed by atoms with E-state index in [-0.39, 0.29) is 0 Å². The lowest BCUT2D eigenvalue weighted by Crippen LogP contribution is -2.29. The molecule has 5 nitrogen and oxygen atoms in total. The van der Waals surface area contributed by atoms with Crippen LogP contribution in [0.2, 0.25) is 0 Å². The van der Waals surface area contributed by atoms with Gasteiger partial charge in [0, 0.05) is 12.5 Å². The third kappa shape index (κ3) is 3.97. The van der Waals surface area contributed by atoms with Gasteiger partial charge in [-0.05, 0) is 25.5 Å². The van der Waals surface area contributed by atoms with Gasteiger partial charge in [-0.1, -0.05) is 17.4 Å². The van der Waals surface area contributed by atoms with Gasteiger partial charge in [-0.25, -0.2) is 8.42 Å². The summed E-state index contributed by atoms with van der Waals surface area (Å²) in [4.78, 5) is 0. The Morgan fingerprint density at radius 2 is 1.79 bits per heavy atom. The highest BCUT2D eigenvalue weighted by Crippen LogP contribution is 2.24. The summed E-state index contributed by atoms with van der Waals surface area (Å²) >= 11 is 1.86. The standard InChI is InChI=1S/C11H14NS.CH4O4S/c1-7-5-6-10-11(8(7)2)12(4)9(3)13-10;1-5-6(2,3)4/h5-6H,1-4H3;1H3,(H,2,3,4)/q+1;/p-1. The Morgan fingerprint density at radius 3 is 2.26 bits per heavy atom. The van der Waals surface area contributed by atoms with Gasteiger partial charge in [-0.15, -0.1) is 0 Å². The Morgan fingerprint density at radius 1 is 1.26 bits per heavy atom. The first-order chi connectivity index (χ1) is 8.67. The van der Waals surface area contributed by atoms with Crippen LogP contribution in [0.3, 0.4) is 0 Å². The molecular formula is C12H17NO4S2. The summed E-state index contributed by atoms with van der Waals surface area (Å²) in [6.45, 7) is 6.53. The number of rotatable bonds is 1. The average molecular weight is 303 g/mol. The molecule has 1 aromatic heterocycles. The van der Waals surface area contributed by atoms with Crippen molar-refractivity contribution in [3.8, 4) is 0 Å². The van der Waals surface area contributed by atoms with Gasteiger partial charge < -0.3 is 4.55 Å². The SMILES string of the molecule is COS(=O)(=O)[O-].Cc1ccc2sc(C)[n+](C)c2c1C. The number of nitrogens with zero attached hydrogens (tertiary/aromatic N) is 1. The highest BCUT2D eigenvalue weighted by atomic mass is 32.3. The Hall–Kier alpha value is -1.02. The van der Waals surface area contributed by atoms with E-state index in [2.05, 4.69) is 48.7 Å². The van der Waals surface area contributed by atoms with Gasteiger partial charge in [0.15, 0.2) is 0 Å². The van der Waals surface area contributed by atoms with Crippen molar-refractivity contribution < 1.29 is 21.7 Å². The number of hydrogen-bond acceptors (Lipinski definition) is 5. The number of hydrogen-bond donors (Lipinski definition) is 0. The predicted octanol–water partition coefficient (Wildman–Crippen LogP) is 1.74. The number of fused-ring (bicyclic) bond motifs is 1. The zero-order valence-corrected chi connectivity index (χ0v) is 13.2. The molecule has 2 rings (SSSR count). The summed E-state index contributed by atoms with van der Waals surface area (Å²) in [6.07, 6.45) is 0. The Kier molecular flexibility index (Phi) is 5.03. The van der Waals surface area contributed by atoms with Gasteiger partial charge in [0.05, 0.1) is 7.11 Å². The lowest BCUT2D eigenvalue weighted by atomic mass is 10.1. The van der Waals surface area contributed by atoms with Crippen LogP contribution in [0, 0.1) is 20.8 Å². The van der Waals surface area contributed by atoms with Crippen LogP contribution in [0.4, 0.5) is 0 Å². The van der Waals surface area contributed by atoms with E-state index in [0.717, 1.165) is 7.11 Å². The summed E-state index contributed by atoms with van der Waals surface area (Å²) in [7, 11) is -1.46. The molecule has 7 heteroatoms. The number of aryl methyl sites for hydroxylation is 4. The van der Waals surface area contributed by atoms with Crippen LogP contribution in [0.5, 0.6) is 0 Å². The van der Waals surface area contributed by atoms with Crippen LogP contribution in [0.25, 0.3) is 10.2 Å². The molecular weight excluding hydrogens is 286 g/mol. The zero-order chi connectivity index (χ0) is 14.8. The highest BCUT2D eigenvalue weighted by molar-refractivity contribution is 7.80. The van der Waals surface area contributed by atoms with E-state index in [0.29, 0.717) is 0 Å².